The van der Waals surface area contributed by atoms with E-state index in [4.69, 9.17) is 19.9 Å². The first-order valence-electron chi connectivity index (χ1n) is 5.48. The second-order valence-electron chi connectivity index (χ2n) is 3.19. The van der Waals surface area contributed by atoms with Gasteiger partial charge in [0.15, 0.2) is 16.6 Å². The maximum absolute atomic E-state index is 5.68. The second-order valence-corrected chi connectivity index (χ2v) is 3.96. The Bertz CT molecular complexity index is 320. The van der Waals surface area contributed by atoms with Gasteiger partial charge in [0.25, 0.3) is 0 Å². The van der Waals surface area contributed by atoms with Gasteiger partial charge in [0.2, 0.25) is 0 Å². The second kappa shape index (κ2) is 8.10. The summed E-state index contributed by atoms with van der Waals surface area (Å²) in [5.41, 5.74) is 5.68. The molecule has 1 aromatic heterocycles. The Balaban J connectivity index is 2.26. The number of nitrogen functional groups attached to an aromatic ring is 1. The van der Waals surface area contributed by atoms with E-state index < -0.39 is 0 Å². The van der Waals surface area contributed by atoms with Crippen molar-refractivity contribution < 1.29 is 14.2 Å². The number of hydrogen-bond donors (Lipinski definition) is 2. The highest BCUT2D eigenvalue weighted by Crippen LogP contribution is 2.34. The number of methoxy groups -OCH3 is 1. The van der Waals surface area contributed by atoms with Gasteiger partial charge in [0, 0.05) is 13.7 Å². The van der Waals surface area contributed by atoms with Gasteiger partial charge in [-0.1, -0.05) is 0 Å². The fraction of sp³-hybridized carbons (Fsp3) is 0.700. The number of hydrogen-bond acceptors (Lipinski definition) is 7. The van der Waals surface area contributed by atoms with Gasteiger partial charge < -0.3 is 25.3 Å². The van der Waals surface area contributed by atoms with Crippen molar-refractivity contribution in [1.29, 1.82) is 0 Å². The van der Waals surface area contributed by atoms with Crippen molar-refractivity contribution in [3.05, 3.63) is 0 Å². The molecule has 3 N–H and O–H groups in total. The molecule has 1 aromatic rings. The number of nitrogens with zero attached hydrogens (tertiary/aromatic N) is 1. The standard InChI is InChI=1S/C10H19N3O3S/c1-3-16-8-9(11)13-17-10(8)12-4-5-15-7-6-14-2/h12H,3-7H2,1-2H3,(H2,11,13). The summed E-state index contributed by atoms with van der Waals surface area (Å²) >= 11 is 1.29. The van der Waals surface area contributed by atoms with Crippen LogP contribution in [0, 0.1) is 0 Å². The summed E-state index contributed by atoms with van der Waals surface area (Å²) in [7, 11) is 1.65. The van der Waals surface area contributed by atoms with Crippen LogP contribution in [0.15, 0.2) is 0 Å². The molecule has 0 saturated heterocycles. The third kappa shape index (κ3) is 4.76. The van der Waals surface area contributed by atoms with Gasteiger partial charge in [0.1, 0.15) is 0 Å². The van der Waals surface area contributed by atoms with Gasteiger partial charge >= 0.3 is 0 Å². The molecular weight excluding hydrogens is 242 g/mol. The van der Waals surface area contributed by atoms with Crippen LogP contribution in [0.3, 0.4) is 0 Å². The topological polar surface area (TPSA) is 78.6 Å². The van der Waals surface area contributed by atoms with E-state index in [-0.39, 0.29) is 0 Å². The molecule has 0 aromatic carbocycles. The summed E-state index contributed by atoms with van der Waals surface area (Å²) in [5, 5.41) is 4.03. The molecule has 0 aliphatic rings. The molecule has 7 heteroatoms. The number of ether oxygens (including phenoxy) is 3. The molecule has 6 nitrogen and oxygen atoms in total. The van der Waals surface area contributed by atoms with Crippen LogP contribution in [0.1, 0.15) is 6.92 Å². The lowest BCUT2D eigenvalue weighted by Gasteiger charge is -2.07. The fourth-order valence-corrected chi connectivity index (χ4v) is 1.86. The molecule has 0 saturated carbocycles. The van der Waals surface area contributed by atoms with Gasteiger partial charge in [-0.2, -0.15) is 4.37 Å². The molecular formula is C10H19N3O3S. The van der Waals surface area contributed by atoms with Crippen LogP contribution in [-0.2, 0) is 9.47 Å². The van der Waals surface area contributed by atoms with E-state index in [2.05, 4.69) is 9.69 Å². The normalized spacial score (nSPS) is 10.5. The molecule has 0 fully saturated rings. The fourth-order valence-electron chi connectivity index (χ4n) is 1.17. The smallest absolute Gasteiger partial charge is 0.197 e. The van der Waals surface area contributed by atoms with Crippen molar-refractivity contribution in [3.63, 3.8) is 0 Å². The minimum atomic E-state index is 0.430. The average Bonchev–Trinajstić information content (AvgIpc) is 2.66. The molecule has 0 radical (unpaired) electrons. The number of aromatic nitrogens is 1. The summed E-state index contributed by atoms with van der Waals surface area (Å²) in [6.07, 6.45) is 0. The molecule has 0 atom stereocenters. The highest BCUT2D eigenvalue weighted by molar-refractivity contribution is 7.11. The van der Waals surface area contributed by atoms with Gasteiger partial charge in [0.05, 0.1) is 26.4 Å². The third-order valence-corrected chi connectivity index (χ3v) is 2.73. The Morgan fingerprint density at radius 2 is 2.18 bits per heavy atom. The Morgan fingerprint density at radius 1 is 1.35 bits per heavy atom. The zero-order valence-corrected chi connectivity index (χ0v) is 11.0. The van der Waals surface area contributed by atoms with Gasteiger partial charge in [-0.05, 0) is 18.5 Å². The largest absolute Gasteiger partial charge is 0.487 e. The van der Waals surface area contributed by atoms with E-state index >= 15 is 0 Å². The minimum Gasteiger partial charge on any atom is -0.487 e. The van der Waals surface area contributed by atoms with Crippen molar-refractivity contribution in [2.75, 3.05) is 51.1 Å². The monoisotopic (exact) mass is 261 g/mol. The van der Waals surface area contributed by atoms with E-state index in [9.17, 15) is 0 Å². The third-order valence-electron chi connectivity index (χ3n) is 1.93. The Labute approximate surface area is 105 Å². The maximum atomic E-state index is 5.68. The van der Waals surface area contributed by atoms with Crippen molar-refractivity contribution in [1.82, 2.24) is 4.37 Å². The van der Waals surface area contributed by atoms with E-state index in [1.54, 1.807) is 7.11 Å². The molecule has 0 spiro atoms. The van der Waals surface area contributed by atoms with Crippen molar-refractivity contribution in [2.45, 2.75) is 6.92 Å². The first kappa shape index (κ1) is 14.0. The van der Waals surface area contributed by atoms with Gasteiger partial charge in [-0.3, -0.25) is 0 Å². The highest BCUT2D eigenvalue weighted by Gasteiger charge is 2.11. The molecule has 0 aliphatic heterocycles. The van der Waals surface area contributed by atoms with Crippen LogP contribution in [-0.4, -0.2) is 44.5 Å². The van der Waals surface area contributed by atoms with Crippen molar-refractivity contribution >= 4 is 22.4 Å². The molecule has 0 amide bonds. The minimum absolute atomic E-state index is 0.430. The summed E-state index contributed by atoms with van der Waals surface area (Å²) in [4.78, 5) is 0. The van der Waals surface area contributed by atoms with Crippen LogP contribution in [0.5, 0.6) is 5.75 Å². The lowest BCUT2D eigenvalue weighted by molar-refractivity contribution is 0.0759. The quantitative estimate of drug-likeness (QED) is 0.650. The van der Waals surface area contributed by atoms with Crippen molar-refractivity contribution in [3.8, 4) is 5.75 Å². The van der Waals surface area contributed by atoms with Gasteiger partial charge in [-0.15, -0.1) is 0 Å². The lowest BCUT2D eigenvalue weighted by Crippen LogP contribution is -2.12. The van der Waals surface area contributed by atoms with E-state index in [0.717, 1.165) is 5.00 Å². The molecule has 98 valence electrons. The molecule has 0 aliphatic carbocycles. The predicted octanol–water partition coefficient (Wildman–Crippen LogP) is 1.20. The van der Waals surface area contributed by atoms with Crippen LogP contribution in [0.25, 0.3) is 0 Å². The number of rotatable bonds is 9. The SMILES string of the molecule is CCOc1c(N)nsc1NCCOCCOC. The molecule has 17 heavy (non-hydrogen) atoms. The summed E-state index contributed by atoms with van der Waals surface area (Å²) in [5.74, 6) is 1.06. The average molecular weight is 261 g/mol. The zero-order valence-electron chi connectivity index (χ0n) is 10.2. The molecule has 1 rings (SSSR count). The maximum Gasteiger partial charge on any atom is 0.197 e. The summed E-state index contributed by atoms with van der Waals surface area (Å²) in [6.45, 7) is 4.98. The Morgan fingerprint density at radius 3 is 2.88 bits per heavy atom. The van der Waals surface area contributed by atoms with E-state index in [1.807, 2.05) is 6.92 Å². The Hall–Kier alpha value is -1.05. The lowest BCUT2D eigenvalue weighted by atomic mass is 10.5. The van der Waals surface area contributed by atoms with Gasteiger partial charge in [-0.25, -0.2) is 0 Å². The van der Waals surface area contributed by atoms with E-state index in [0.29, 0.717) is 44.5 Å². The molecule has 1 heterocycles. The van der Waals surface area contributed by atoms with Crippen LogP contribution in [0.4, 0.5) is 10.8 Å². The van der Waals surface area contributed by atoms with Crippen molar-refractivity contribution in [2.24, 2.45) is 0 Å². The first-order chi connectivity index (χ1) is 8.29. The van der Waals surface area contributed by atoms with Crippen LogP contribution < -0.4 is 15.8 Å². The summed E-state index contributed by atoms with van der Waals surface area (Å²) in [6, 6.07) is 0. The molecule has 0 bridgehead atoms. The predicted molar refractivity (Wildman–Crippen MR) is 68.9 cm³/mol. The number of nitrogens with one attached hydrogen (secondary N) is 1. The zero-order chi connectivity index (χ0) is 12.5. The van der Waals surface area contributed by atoms with Crippen LogP contribution >= 0.6 is 11.5 Å². The summed E-state index contributed by atoms with van der Waals surface area (Å²) < 4.78 is 19.6. The highest BCUT2D eigenvalue weighted by atomic mass is 32.1. The van der Waals surface area contributed by atoms with E-state index in [1.165, 1.54) is 11.5 Å². The first-order valence-corrected chi connectivity index (χ1v) is 6.25. The Kier molecular flexibility index (Phi) is 6.68. The molecule has 0 unspecified atom stereocenters. The van der Waals surface area contributed by atoms with Crippen LogP contribution in [0.2, 0.25) is 0 Å². The number of anilines is 2. The number of nitrogens with two attached hydrogens (primary N) is 1.